The Labute approximate surface area is 161 Å². The smallest absolute Gasteiger partial charge is 0.259 e. The molecule has 1 heterocycles. The van der Waals surface area contributed by atoms with Crippen LogP contribution in [0.15, 0.2) is 53.3 Å². The fourth-order valence-corrected chi connectivity index (χ4v) is 3.53. The molecule has 3 aromatic rings. The van der Waals surface area contributed by atoms with Crippen molar-refractivity contribution < 1.29 is 0 Å². The number of aromatic amines is 1. The largest absolute Gasteiger partial charge is 0.306 e. The molecule has 0 aliphatic carbocycles. The summed E-state index contributed by atoms with van der Waals surface area (Å²) in [6.45, 7) is 12.1. The topological polar surface area (TPSA) is 49.0 Å². The molecule has 0 unspecified atom stereocenters. The lowest BCUT2D eigenvalue weighted by Crippen LogP contribution is -2.30. The Morgan fingerprint density at radius 2 is 1.67 bits per heavy atom. The lowest BCUT2D eigenvalue weighted by molar-refractivity contribution is 0.211. The fourth-order valence-electron chi connectivity index (χ4n) is 3.53. The number of H-pyrrole nitrogens is 1. The van der Waals surface area contributed by atoms with Crippen LogP contribution in [-0.4, -0.2) is 28.0 Å². The minimum atomic E-state index is -0.0951. The molecule has 0 amide bonds. The SMILES string of the molecule is CC(C)CN(Cc1cccc(-c2nc3ccccc3c(=O)[nH]2)c1)CC(C)C. The Kier molecular flexibility index (Phi) is 6.07. The lowest BCUT2D eigenvalue weighted by atomic mass is 10.1. The molecule has 0 fully saturated rings. The van der Waals surface area contributed by atoms with E-state index in [0.29, 0.717) is 23.0 Å². The van der Waals surface area contributed by atoms with Gasteiger partial charge in [-0.05, 0) is 35.6 Å². The molecule has 0 spiro atoms. The summed E-state index contributed by atoms with van der Waals surface area (Å²) in [5.41, 5.74) is 2.82. The molecule has 142 valence electrons. The highest BCUT2D eigenvalue weighted by molar-refractivity contribution is 5.79. The van der Waals surface area contributed by atoms with Gasteiger partial charge in [-0.15, -0.1) is 0 Å². The van der Waals surface area contributed by atoms with E-state index in [1.807, 2.05) is 30.3 Å². The zero-order valence-corrected chi connectivity index (χ0v) is 16.7. The van der Waals surface area contributed by atoms with E-state index in [2.05, 4.69) is 54.7 Å². The molecular weight excluding hydrogens is 334 g/mol. The predicted molar refractivity (Wildman–Crippen MR) is 113 cm³/mol. The molecule has 2 aromatic carbocycles. The van der Waals surface area contributed by atoms with Crippen molar-refractivity contribution in [3.05, 3.63) is 64.4 Å². The number of aromatic nitrogens is 2. The van der Waals surface area contributed by atoms with Crippen LogP contribution in [0.2, 0.25) is 0 Å². The normalized spacial score (nSPS) is 11.8. The van der Waals surface area contributed by atoms with Gasteiger partial charge in [0, 0.05) is 25.2 Å². The van der Waals surface area contributed by atoms with E-state index in [9.17, 15) is 4.79 Å². The quantitative estimate of drug-likeness (QED) is 0.662. The molecule has 0 aliphatic rings. The number of nitrogens with one attached hydrogen (secondary N) is 1. The molecule has 0 saturated carbocycles. The molecular formula is C23H29N3O. The van der Waals surface area contributed by atoms with E-state index in [4.69, 9.17) is 0 Å². The summed E-state index contributed by atoms with van der Waals surface area (Å²) in [4.78, 5) is 22.5. The van der Waals surface area contributed by atoms with Gasteiger partial charge in [0.25, 0.3) is 5.56 Å². The second-order valence-corrected chi connectivity index (χ2v) is 8.11. The van der Waals surface area contributed by atoms with Crippen LogP contribution >= 0.6 is 0 Å². The molecule has 0 bridgehead atoms. The molecule has 4 nitrogen and oxygen atoms in total. The summed E-state index contributed by atoms with van der Waals surface area (Å²) in [7, 11) is 0. The molecule has 0 saturated heterocycles. The van der Waals surface area contributed by atoms with E-state index in [0.717, 1.165) is 30.7 Å². The highest BCUT2D eigenvalue weighted by Gasteiger charge is 2.12. The Bertz CT molecular complexity index is 949. The molecule has 0 aliphatic heterocycles. The van der Waals surface area contributed by atoms with Crippen molar-refractivity contribution in [3.8, 4) is 11.4 Å². The average molecular weight is 364 g/mol. The number of nitrogens with zero attached hydrogens (tertiary/aromatic N) is 2. The third-order valence-electron chi connectivity index (χ3n) is 4.47. The van der Waals surface area contributed by atoms with Gasteiger partial charge in [0.1, 0.15) is 5.82 Å². The molecule has 0 radical (unpaired) electrons. The van der Waals surface area contributed by atoms with E-state index >= 15 is 0 Å². The second-order valence-electron chi connectivity index (χ2n) is 8.11. The monoisotopic (exact) mass is 363 g/mol. The van der Waals surface area contributed by atoms with Gasteiger partial charge in [-0.3, -0.25) is 9.69 Å². The van der Waals surface area contributed by atoms with Gasteiger partial charge in [0.2, 0.25) is 0 Å². The minimum absolute atomic E-state index is 0.0951. The van der Waals surface area contributed by atoms with Crippen molar-refractivity contribution in [2.24, 2.45) is 11.8 Å². The first-order valence-corrected chi connectivity index (χ1v) is 9.73. The third-order valence-corrected chi connectivity index (χ3v) is 4.47. The average Bonchev–Trinajstić information content (AvgIpc) is 2.61. The predicted octanol–water partition coefficient (Wildman–Crippen LogP) is 4.70. The molecule has 3 rings (SSSR count). The van der Waals surface area contributed by atoms with E-state index < -0.39 is 0 Å². The Hall–Kier alpha value is -2.46. The third kappa shape index (κ3) is 5.04. The van der Waals surface area contributed by atoms with Crippen LogP contribution < -0.4 is 5.56 Å². The van der Waals surface area contributed by atoms with Crippen LogP contribution in [0.5, 0.6) is 0 Å². The Morgan fingerprint density at radius 3 is 2.37 bits per heavy atom. The summed E-state index contributed by atoms with van der Waals surface area (Å²) in [5.74, 6) is 1.88. The summed E-state index contributed by atoms with van der Waals surface area (Å²) < 4.78 is 0. The van der Waals surface area contributed by atoms with E-state index in [1.54, 1.807) is 6.07 Å². The first-order chi connectivity index (χ1) is 12.9. The van der Waals surface area contributed by atoms with Crippen molar-refractivity contribution in [2.45, 2.75) is 34.2 Å². The fraction of sp³-hybridized carbons (Fsp3) is 0.391. The standard InChI is InChI=1S/C23H29N3O/c1-16(2)13-26(14-17(3)4)15-18-8-7-9-19(12-18)22-24-21-11-6-5-10-20(21)23(27)25-22/h5-12,16-17H,13-15H2,1-4H3,(H,24,25,27). The van der Waals surface area contributed by atoms with E-state index in [-0.39, 0.29) is 5.56 Å². The van der Waals surface area contributed by atoms with Crippen LogP contribution in [0.3, 0.4) is 0 Å². The van der Waals surface area contributed by atoms with Gasteiger partial charge >= 0.3 is 0 Å². The summed E-state index contributed by atoms with van der Waals surface area (Å²) in [6, 6.07) is 15.8. The Morgan fingerprint density at radius 1 is 0.963 bits per heavy atom. The van der Waals surface area contributed by atoms with Crippen molar-refractivity contribution in [3.63, 3.8) is 0 Å². The zero-order chi connectivity index (χ0) is 19.4. The molecule has 0 atom stereocenters. The number of rotatable bonds is 7. The molecule has 1 aromatic heterocycles. The maximum Gasteiger partial charge on any atom is 0.259 e. The first-order valence-electron chi connectivity index (χ1n) is 9.73. The van der Waals surface area contributed by atoms with Gasteiger partial charge in [0.15, 0.2) is 0 Å². The number of benzene rings is 2. The highest BCUT2D eigenvalue weighted by atomic mass is 16.1. The van der Waals surface area contributed by atoms with Gasteiger partial charge in [0.05, 0.1) is 10.9 Å². The number of fused-ring (bicyclic) bond motifs is 1. The molecule has 27 heavy (non-hydrogen) atoms. The summed E-state index contributed by atoms with van der Waals surface area (Å²) in [5, 5.41) is 0.623. The van der Waals surface area contributed by atoms with Gasteiger partial charge in [-0.2, -0.15) is 0 Å². The first kappa shape index (κ1) is 19.3. The maximum atomic E-state index is 12.4. The minimum Gasteiger partial charge on any atom is -0.306 e. The van der Waals surface area contributed by atoms with Crippen LogP contribution in [-0.2, 0) is 6.54 Å². The van der Waals surface area contributed by atoms with E-state index in [1.165, 1.54) is 5.56 Å². The van der Waals surface area contributed by atoms with Crippen LogP contribution in [0.4, 0.5) is 0 Å². The number of hydrogen-bond donors (Lipinski definition) is 1. The van der Waals surface area contributed by atoms with Crippen molar-refractivity contribution >= 4 is 10.9 Å². The lowest BCUT2D eigenvalue weighted by Gasteiger charge is -2.26. The number of hydrogen-bond acceptors (Lipinski definition) is 3. The number of para-hydroxylation sites is 1. The van der Waals surface area contributed by atoms with Crippen LogP contribution in [0, 0.1) is 11.8 Å². The highest BCUT2D eigenvalue weighted by Crippen LogP contribution is 2.19. The second kappa shape index (κ2) is 8.49. The summed E-state index contributed by atoms with van der Waals surface area (Å²) >= 11 is 0. The van der Waals surface area contributed by atoms with Crippen LogP contribution in [0.25, 0.3) is 22.3 Å². The molecule has 4 heteroatoms. The molecule has 1 N–H and O–H groups in total. The zero-order valence-electron chi connectivity index (χ0n) is 16.7. The summed E-state index contributed by atoms with van der Waals surface area (Å²) in [6.07, 6.45) is 0. The maximum absolute atomic E-state index is 12.4. The van der Waals surface area contributed by atoms with Crippen molar-refractivity contribution in [1.82, 2.24) is 14.9 Å². The van der Waals surface area contributed by atoms with Crippen LogP contribution in [0.1, 0.15) is 33.3 Å². The van der Waals surface area contributed by atoms with Gasteiger partial charge in [-0.1, -0.05) is 58.0 Å². The van der Waals surface area contributed by atoms with Gasteiger partial charge < -0.3 is 4.98 Å². The van der Waals surface area contributed by atoms with Gasteiger partial charge in [-0.25, -0.2) is 4.98 Å². The Balaban J connectivity index is 1.90. The van der Waals surface area contributed by atoms with Crippen molar-refractivity contribution in [2.75, 3.05) is 13.1 Å². The van der Waals surface area contributed by atoms with Crippen molar-refractivity contribution in [1.29, 1.82) is 0 Å².